The molecule has 6 bridgehead atoms. The van der Waals surface area contributed by atoms with Gasteiger partial charge < -0.3 is 4.74 Å². The first-order valence-corrected chi connectivity index (χ1v) is 10.6. The number of carbonyl (C=O) groups is 2. The minimum Gasteiger partial charge on any atom is -0.361 e. The Kier molecular flexibility index (Phi) is 2.33. The zero-order valence-corrected chi connectivity index (χ0v) is 15.5. The van der Waals surface area contributed by atoms with E-state index in [4.69, 9.17) is 4.74 Å². The van der Waals surface area contributed by atoms with Crippen LogP contribution < -0.4 is 0 Å². The van der Waals surface area contributed by atoms with E-state index in [0.29, 0.717) is 29.9 Å². The maximum absolute atomic E-state index is 13.7. The van der Waals surface area contributed by atoms with Crippen LogP contribution in [0.15, 0.2) is 12.2 Å². The number of Topliss-reactive ketones (excluding diaryl/α,β-unsaturated/α-hetero) is 2. The van der Waals surface area contributed by atoms with Crippen LogP contribution in [-0.2, 0) is 14.3 Å². The Labute approximate surface area is 154 Å². The lowest BCUT2D eigenvalue weighted by Gasteiger charge is -2.66. The molecule has 0 aromatic heterocycles. The largest absolute Gasteiger partial charge is 0.361 e. The van der Waals surface area contributed by atoms with Crippen molar-refractivity contribution in [1.82, 2.24) is 4.90 Å². The third kappa shape index (κ3) is 1.18. The van der Waals surface area contributed by atoms with Crippen LogP contribution in [0.3, 0.4) is 0 Å². The van der Waals surface area contributed by atoms with Gasteiger partial charge in [-0.05, 0) is 37.0 Å². The van der Waals surface area contributed by atoms with Crippen LogP contribution in [0.25, 0.3) is 0 Å². The number of nitrogens with zero attached hydrogens (tertiary/aromatic N) is 1. The molecule has 0 N–H and O–H groups in total. The average molecular weight is 353 g/mol. The first-order chi connectivity index (χ1) is 12.4. The Morgan fingerprint density at radius 3 is 2.88 bits per heavy atom. The molecule has 4 nitrogen and oxygen atoms in total. The highest BCUT2D eigenvalue weighted by atomic mass is 16.5. The van der Waals surface area contributed by atoms with Crippen LogP contribution in [0.1, 0.15) is 45.4 Å². The third-order valence-corrected chi connectivity index (χ3v) is 10.1. The molecule has 2 heterocycles. The van der Waals surface area contributed by atoms with Crippen LogP contribution in [0.4, 0.5) is 0 Å². The van der Waals surface area contributed by atoms with Gasteiger partial charge in [-0.1, -0.05) is 25.5 Å². The normalized spacial score (nSPS) is 62.0. The maximum atomic E-state index is 13.7. The van der Waals surface area contributed by atoms with E-state index in [-0.39, 0.29) is 40.2 Å². The van der Waals surface area contributed by atoms with Crippen molar-refractivity contribution < 1.29 is 14.3 Å². The molecule has 6 saturated carbocycles. The first-order valence-electron chi connectivity index (χ1n) is 10.6. The highest BCUT2D eigenvalue weighted by molar-refractivity contribution is 5.97. The highest BCUT2D eigenvalue weighted by Crippen LogP contribution is 2.82. The topological polar surface area (TPSA) is 46.6 Å². The van der Waals surface area contributed by atoms with Gasteiger partial charge in [0.2, 0.25) is 0 Å². The molecule has 8 rings (SSSR count). The Hall–Kier alpha value is -1.00. The van der Waals surface area contributed by atoms with Gasteiger partial charge in [-0.3, -0.25) is 14.5 Å². The molecule has 138 valence electrons. The van der Waals surface area contributed by atoms with E-state index < -0.39 is 0 Å². The highest BCUT2D eigenvalue weighted by Gasteiger charge is 2.85. The van der Waals surface area contributed by atoms with E-state index in [1.54, 1.807) is 0 Å². The molecule has 8 aliphatic rings. The molecule has 0 aromatic carbocycles. The van der Waals surface area contributed by atoms with Crippen molar-refractivity contribution in [3.05, 3.63) is 12.2 Å². The smallest absolute Gasteiger partial charge is 0.144 e. The summed E-state index contributed by atoms with van der Waals surface area (Å²) in [6.07, 6.45) is 5.85. The third-order valence-electron chi connectivity index (χ3n) is 10.1. The lowest BCUT2D eigenvalue weighted by atomic mass is 9.39. The van der Waals surface area contributed by atoms with Gasteiger partial charge in [0.15, 0.2) is 0 Å². The van der Waals surface area contributed by atoms with Gasteiger partial charge in [-0.25, -0.2) is 0 Å². The van der Waals surface area contributed by atoms with E-state index >= 15 is 0 Å². The number of rotatable bonds is 0. The summed E-state index contributed by atoms with van der Waals surface area (Å²) < 4.78 is 6.29. The van der Waals surface area contributed by atoms with Crippen molar-refractivity contribution in [2.24, 2.45) is 39.9 Å². The van der Waals surface area contributed by atoms with E-state index in [2.05, 4.69) is 18.4 Å². The van der Waals surface area contributed by atoms with E-state index in [9.17, 15) is 9.59 Å². The Morgan fingerprint density at radius 2 is 2.04 bits per heavy atom. The van der Waals surface area contributed by atoms with Crippen molar-refractivity contribution in [2.45, 2.75) is 57.7 Å². The molecule has 0 aromatic rings. The number of hydrogen-bond donors (Lipinski definition) is 0. The van der Waals surface area contributed by atoms with Gasteiger partial charge in [0.05, 0.1) is 6.61 Å². The number of fused-ring (bicyclic) bond motifs is 4. The summed E-state index contributed by atoms with van der Waals surface area (Å²) in [6, 6.07) is 0.381. The number of hydrogen-bond acceptors (Lipinski definition) is 4. The van der Waals surface area contributed by atoms with Gasteiger partial charge in [-0.15, -0.1) is 0 Å². The number of ether oxygens (including phenoxy) is 1. The summed E-state index contributed by atoms with van der Waals surface area (Å²) in [5.74, 6) is 1.60. The van der Waals surface area contributed by atoms with Gasteiger partial charge in [0.25, 0.3) is 0 Å². The Morgan fingerprint density at radius 1 is 1.19 bits per heavy atom. The average Bonchev–Trinajstić information content (AvgIpc) is 3.07. The fourth-order valence-electron chi connectivity index (χ4n) is 10.1. The zero-order valence-electron chi connectivity index (χ0n) is 15.5. The predicted molar refractivity (Wildman–Crippen MR) is 94.0 cm³/mol. The molecule has 0 radical (unpaired) electrons. The molecular weight excluding hydrogens is 326 g/mol. The zero-order chi connectivity index (χ0) is 17.6. The van der Waals surface area contributed by atoms with Crippen molar-refractivity contribution in [3.63, 3.8) is 0 Å². The molecule has 6 aliphatic carbocycles. The summed E-state index contributed by atoms with van der Waals surface area (Å²) in [5.41, 5.74) is 0.787. The second-order valence-electron chi connectivity index (χ2n) is 10.8. The summed E-state index contributed by atoms with van der Waals surface area (Å²) in [4.78, 5) is 30.0. The number of allylic oxidation sites excluding steroid dienone is 1. The maximum Gasteiger partial charge on any atom is 0.144 e. The molecule has 0 unspecified atom stereocenters. The summed E-state index contributed by atoms with van der Waals surface area (Å²) in [7, 11) is 0. The van der Waals surface area contributed by atoms with E-state index in [1.165, 1.54) is 0 Å². The number of ketones is 2. The first kappa shape index (κ1) is 15.0. The Balaban J connectivity index is 1.56. The standard InChI is InChI=1S/C22H27NO3/c1-11-9-21-10-14(24)16-20(2)4-3-5-22(16)17(21)15(25)12(11)8-13(21)18(22)23-6-7-26-19(20)23/h12-13,16-19H,1,3-10H2,2H3/t12-,13-,16-,17-,18-,19+,20+,21+,22+/m1/s1. The molecule has 2 spiro atoms. The second-order valence-corrected chi connectivity index (χ2v) is 10.8. The van der Waals surface area contributed by atoms with Gasteiger partial charge in [0.1, 0.15) is 17.8 Å². The quantitative estimate of drug-likeness (QED) is 0.628. The van der Waals surface area contributed by atoms with E-state index in [1.807, 2.05) is 0 Å². The SMILES string of the molecule is C=C1C[C@@]23CC(=O)[C@@H]4[C@]5(C)CCC[C@@]46[C@@H]2C(=O)[C@@H]1C[C@@H]3[C@H]6N1CCO[C@H]15. The minimum atomic E-state index is -0.114. The van der Waals surface area contributed by atoms with Gasteiger partial charge in [0, 0.05) is 47.6 Å². The lowest BCUT2D eigenvalue weighted by Crippen LogP contribution is -2.72. The summed E-state index contributed by atoms with van der Waals surface area (Å²) in [5, 5.41) is 0. The molecule has 2 aliphatic heterocycles. The minimum absolute atomic E-state index is 0.0327. The number of piperidine rings is 1. The van der Waals surface area contributed by atoms with Crippen LogP contribution in [0.5, 0.6) is 0 Å². The molecular formula is C22H27NO3. The van der Waals surface area contributed by atoms with E-state index in [0.717, 1.165) is 50.8 Å². The van der Waals surface area contributed by atoms with Crippen LogP contribution in [0, 0.1) is 39.9 Å². The second kappa shape index (κ2) is 4.05. The fourth-order valence-corrected chi connectivity index (χ4v) is 10.1. The monoisotopic (exact) mass is 353 g/mol. The predicted octanol–water partition coefficient (Wildman–Crippen LogP) is 2.57. The molecule has 2 saturated heterocycles. The molecule has 0 amide bonds. The summed E-state index contributed by atoms with van der Waals surface area (Å²) >= 11 is 0. The fraction of sp³-hybridized carbons (Fsp3) is 0.818. The molecule has 4 heteroatoms. The van der Waals surface area contributed by atoms with Crippen LogP contribution in [0.2, 0.25) is 0 Å². The number of carbonyl (C=O) groups excluding carboxylic acids is 2. The molecule has 26 heavy (non-hydrogen) atoms. The van der Waals surface area contributed by atoms with Crippen molar-refractivity contribution >= 4 is 11.6 Å². The van der Waals surface area contributed by atoms with Gasteiger partial charge >= 0.3 is 0 Å². The summed E-state index contributed by atoms with van der Waals surface area (Å²) in [6.45, 7) is 8.35. The Bertz CT molecular complexity index is 805. The van der Waals surface area contributed by atoms with Crippen molar-refractivity contribution in [1.29, 1.82) is 0 Å². The van der Waals surface area contributed by atoms with Crippen LogP contribution in [-0.4, -0.2) is 41.9 Å². The van der Waals surface area contributed by atoms with Crippen molar-refractivity contribution in [2.75, 3.05) is 13.2 Å². The molecule has 9 atom stereocenters. The van der Waals surface area contributed by atoms with Crippen molar-refractivity contribution in [3.8, 4) is 0 Å². The molecule has 8 fully saturated rings. The van der Waals surface area contributed by atoms with Gasteiger partial charge in [-0.2, -0.15) is 0 Å². The lowest BCUT2D eigenvalue weighted by molar-refractivity contribution is -0.231. The van der Waals surface area contributed by atoms with Crippen LogP contribution >= 0.6 is 0 Å².